The van der Waals surface area contributed by atoms with Crippen LogP contribution in [-0.4, -0.2) is 33.2 Å². The van der Waals surface area contributed by atoms with Crippen LogP contribution >= 0.6 is 11.3 Å². The van der Waals surface area contributed by atoms with Gasteiger partial charge in [-0.2, -0.15) is 5.26 Å². The van der Waals surface area contributed by atoms with Gasteiger partial charge in [-0.1, -0.05) is 12.1 Å². The van der Waals surface area contributed by atoms with Gasteiger partial charge in [0.05, 0.1) is 12.8 Å². The average Bonchev–Trinajstić information content (AvgIpc) is 3.17. The molecule has 2 heterocycles. The highest BCUT2D eigenvalue weighted by Crippen LogP contribution is 2.27. The lowest BCUT2D eigenvalue weighted by Crippen LogP contribution is -2.13. The predicted molar refractivity (Wildman–Crippen MR) is 104 cm³/mol. The Hall–Kier alpha value is -3.90. The smallest absolute Gasteiger partial charge is 0.268 e. The molecule has 140 valence electrons. The molecule has 3 aromatic rings. The number of anilines is 1. The molecular weight excluding hydrogens is 380 g/mol. The Labute approximate surface area is 164 Å². The zero-order chi connectivity index (χ0) is 20.1. The molecule has 0 atom stereocenters. The number of rotatable bonds is 5. The second-order valence-electron chi connectivity index (χ2n) is 5.48. The molecule has 0 aliphatic heterocycles. The average molecular weight is 394 g/mol. The Morgan fingerprint density at radius 1 is 1.21 bits per heavy atom. The summed E-state index contributed by atoms with van der Waals surface area (Å²) in [6.07, 6.45) is 1.30. The van der Waals surface area contributed by atoms with E-state index in [4.69, 9.17) is 4.74 Å². The number of aromatic nitrogens is 2. The third-order valence-corrected chi connectivity index (χ3v) is 4.35. The summed E-state index contributed by atoms with van der Waals surface area (Å²) in [5, 5.41) is 32.7. The number of thiazole rings is 1. The summed E-state index contributed by atoms with van der Waals surface area (Å²) in [6, 6.07) is 11.0. The fraction of sp³-hybridized carbons (Fsp3) is 0.0526. The lowest BCUT2D eigenvalue weighted by Gasteiger charge is -2.02. The van der Waals surface area contributed by atoms with Crippen molar-refractivity contribution >= 4 is 28.5 Å². The molecular formula is C19H14N4O4S. The van der Waals surface area contributed by atoms with E-state index in [2.05, 4.69) is 15.3 Å². The van der Waals surface area contributed by atoms with Crippen LogP contribution < -0.4 is 10.1 Å². The maximum Gasteiger partial charge on any atom is 0.268 e. The van der Waals surface area contributed by atoms with Crippen molar-refractivity contribution in [1.29, 1.82) is 5.26 Å². The number of phenolic OH excluding ortho intramolecular Hbond substituents is 2. The van der Waals surface area contributed by atoms with E-state index in [0.717, 1.165) is 0 Å². The Bertz CT molecular complexity index is 1100. The maximum atomic E-state index is 12.4. The van der Waals surface area contributed by atoms with Crippen molar-refractivity contribution in [3.05, 3.63) is 52.9 Å². The number of methoxy groups -OCH3 is 1. The van der Waals surface area contributed by atoms with Gasteiger partial charge in [0.15, 0.2) is 16.6 Å². The summed E-state index contributed by atoms with van der Waals surface area (Å²) in [5.41, 5.74) is 1.36. The third kappa shape index (κ3) is 4.25. The van der Waals surface area contributed by atoms with Gasteiger partial charge in [0, 0.05) is 11.4 Å². The van der Waals surface area contributed by atoms with Crippen molar-refractivity contribution in [2.45, 2.75) is 0 Å². The molecule has 0 bridgehead atoms. The number of ether oxygens (including phenoxy) is 1. The number of nitrogens with zero attached hydrogens (tertiary/aromatic N) is 3. The van der Waals surface area contributed by atoms with Gasteiger partial charge < -0.3 is 14.9 Å². The molecule has 0 aliphatic rings. The molecule has 3 N–H and O–H groups in total. The number of aromatic hydroxyl groups is 2. The predicted octanol–water partition coefficient (Wildman–Crippen LogP) is 3.17. The van der Waals surface area contributed by atoms with Gasteiger partial charge in [0.2, 0.25) is 5.88 Å². The van der Waals surface area contributed by atoms with E-state index in [1.165, 1.54) is 42.7 Å². The fourth-order valence-electron chi connectivity index (χ4n) is 2.23. The quantitative estimate of drug-likeness (QED) is 0.344. The van der Waals surface area contributed by atoms with Crippen LogP contribution in [0.1, 0.15) is 5.56 Å². The second kappa shape index (κ2) is 8.20. The SMILES string of the molecule is COc1cccc(-c2csc(NC(=O)/C(C#N)=C/c3ccc(O)c(O)c3)n2)n1. The third-order valence-electron chi connectivity index (χ3n) is 3.60. The lowest BCUT2D eigenvalue weighted by molar-refractivity contribution is -0.112. The molecule has 0 saturated heterocycles. The minimum absolute atomic E-state index is 0.179. The van der Waals surface area contributed by atoms with Gasteiger partial charge >= 0.3 is 0 Å². The molecule has 3 rings (SSSR count). The molecule has 1 aromatic carbocycles. The second-order valence-corrected chi connectivity index (χ2v) is 6.33. The van der Waals surface area contributed by atoms with Crippen molar-refractivity contribution in [3.63, 3.8) is 0 Å². The van der Waals surface area contributed by atoms with Crippen LogP contribution in [0.15, 0.2) is 47.4 Å². The van der Waals surface area contributed by atoms with E-state index >= 15 is 0 Å². The summed E-state index contributed by atoms with van der Waals surface area (Å²) in [4.78, 5) is 20.9. The molecule has 8 nitrogen and oxygen atoms in total. The number of carbonyl (C=O) groups excluding carboxylic acids is 1. The summed E-state index contributed by atoms with van der Waals surface area (Å²) in [6.45, 7) is 0. The van der Waals surface area contributed by atoms with Crippen molar-refractivity contribution in [1.82, 2.24) is 9.97 Å². The summed E-state index contributed by atoms with van der Waals surface area (Å²) in [5.74, 6) is -0.833. The van der Waals surface area contributed by atoms with Crippen LogP contribution in [0.2, 0.25) is 0 Å². The normalized spacial score (nSPS) is 10.9. The lowest BCUT2D eigenvalue weighted by atomic mass is 10.1. The van der Waals surface area contributed by atoms with Crippen LogP contribution in [0, 0.1) is 11.3 Å². The van der Waals surface area contributed by atoms with Crippen molar-refractivity contribution in [3.8, 4) is 34.8 Å². The minimum Gasteiger partial charge on any atom is -0.504 e. The molecule has 1 amide bonds. The fourth-order valence-corrected chi connectivity index (χ4v) is 2.93. The number of nitrogens with one attached hydrogen (secondary N) is 1. The maximum absolute atomic E-state index is 12.4. The van der Waals surface area contributed by atoms with Gasteiger partial charge in [0.1, 0.15) is 17.3 Å². The Morgan fingerprint density at radius 3 is 2.75 bits per heavy atom. The standard InChI is InChI=1S/C19H14N4O4S/c1-27-17-4-2-3-13(21-17)14-10-28-19(22-14)23-18(26)12(9-20)7-11-5-6-15(24)16(25)8-11/h2-8,10,24-25H,1H3,(H,22,23,26)/b12-7+. The van der Waals surface area contributed by atoms with Gasteiger partial charge in [-0.3, -0.25) is 10.1 Å². The summed E-state index contributed by atoms with van der Waals surface area (Å²) < 4.78 is 5.08. The van der Waals surface area contributed by atoms with Gasteiger partial charge in [0.25, 0.3) is 5.91 Å². The van der Waals surface area contributed by atoms with Gasteiger partial charge in [-0.25, -0.2) is 9.97 Å². The van der Waals surface area contributed by atoms with Crippen LogP contribution in [0.25, 0.3) is 17.5 Å². The topological polar surface area (TPSA) is 128 Å². The zero-order valence-corrected chi connectivity index (χ0v) is 15.4. The van der Waals surface area contributed by atoms with Crippen LogP contribution in [-0.2, 0) is 4.79 Å². The van der Waals surface area contributed by atoms with E-state index < -0.39 is 5.91 Å². The largest absolute Gasteiger partial charge is 0.504 e. The molecule has 28 heavy (non-hydrogen) atoms. The molecule has 0 aliphatic carbocycles. The number of phenols is 2. The van der Waals surface area contributed by atoms with E-state index in [-0.39, 0.29) is 17.1 Å². The number of hydrogen-bond acceptors (Lipinski definition) is 8. The number of pyridine rings is 1. The van der Waals surface area contributed by atoms with Crippen LogP contribution in [0.5, 0.6) is 17.4 Å². The first-order valence-corrected chi connectivity index (χ1v) is 8.80. The Balaban J connectivity index is 1.78. The highest BCUT2D eigenvalue weighted by Gasteiger charge is 2.14. The highest BCUT2D eigenvalue weighted by atomic mass is 32.1. The molecule has 0 fully saturated rings. The monoisotopic (exact) mass is 394 g/mol. The Morgan fingerprint density at radius 2 is 2.04 bits per heavy atom. The molecule has 2 aromatic heterocycles. The van der Waals surface area contributed by atoms with Crippen molar-refractivity contribution in [2.75, 3.05) is 12.4 Å². The van der Waals surface area contributed by atoms with E-state index in [0.29, 0.717) is 28.0 Å². The summed E-state index contributed by atoms with van der Waals surface area (Å²) >= 11 is 1.19. The minimum atomic E-state index is -0.644. The van der Waals surface area contributed by atoms with Crippen molar-refractivity contribution in [2.24, 2.45) is 0 Å². The van der Waals surface area contributed by atoms with Crippen LogP contribution in [0.3, 0.4) is 0 Å². The number of nitriles is 1. The van der Waals surface area contributed by atoms with E-state index in [9.17, 15) is 20.3 Å². The van der Waals surface area contributed by atoms with Crippen LogP contribution in [0.4, 0.5) is 5.13 Å². The Kier molecular flexibility index (Phi) is 5.53. The molecule has 9 heteroatoms. The number of amides is 1. The molecule has 0 spiro atoms. The first-order chi connectivity index (χ1) is 13.5. The first-order valence-electron chi connectivity index (χ1n) is 7.92. The molecule has 0 radical (unpaired) electrons. The molecule has 0 unspecified atom stereocenters. The van der Waals surface area contributed by atoms with Gasteiger partial charge in [-0.05, 0) is 29.8 Å². The van der Waals surface area contributed by atoms with E-state index in [1.807, 2.05) is 6.07 Å². The molecule has 0 saturated carbocycles. The number of benzene rings is 1. The van der Waals surface area contributed by atoms with Crippen molar-refractivity contribution < 1.29 is 19.7 Å². The first kappa shape index (κ1) is 18.9. The van der Waals surface area contributed by atoms with E-state index in [1.54, 1.807) is 23.6 Å². The zero-order valence-electron chi connectivity index (χ0n) is 14.6. The van der Waals surface area contributed by atoms with Gasteiger partial charge in [-0.15, -0.1) is 11.3 Å². The highest BCUT2D eigenvalue weighted by molar-refractivity contribution is 7.14. The summed E-state index contributed by atoms with van der Waals surface area (Å²) in [7, 11) is 1.52. The number of carbonyl (C=O) groups is 1. The number of hydrogen-bond donors (Lipinski definition) is 3.